The molecule has 17 heavy (non-hydrogen) atoms. The van der Waals surface area contributed by atoms with Gasteiger partial charge in [-0.15, -0.1) is 0 Å². The second kappa shape index (κ2) is 4.69. The number of fused-ring (bicyclic) bond motifs is 1. The van der Waals surface area contributed by atoms with Crippen molar-refractivity contribution in [2.24, 2.45) is 0 Å². The van der Waals surface area contributed by atoms with Crippen LogP contribution in [0.15, 0.2) is 18.2 Å². The van der Waals surface area contributed by atoms with E-state index in [0.717, 1.165) is 0 Å². The summed E-state index contributed by atoms with van der Waals surface area (Å²) in [4.78, 5) is 2.53. The van der Waals surface area contributed by atoms with Gasteiger partial charge in [0.2, 0.25) is 0 Å². The van der Waals surface area contributed by atoms with Gasteiger partial charge in [0.05, 0.1) is 0 Å². The molecule has 2 aliphatic rings. The van der Waals surface area contributed by atoms with Gasteiger partial charge in [0.25, 0.3) is 0 Å². The number of nitrogens with one attached hydrogen (secondary N) is 1. The first-order valence-corrected chi connectivity index (χ1v) is 6.93. The highest BCUT2D eigenvalue weighted by Gasteiger charge is 2.20. The summed E-state index contributed by atoms with van der Waals surface area (Å²) in [6, 6.07) is 7.68. The second-order valence-electron chi connectivity index (χ2n) is 5.31. The van der Waals surface area contributed by atoms with Crippen LogP contribution in [-0.4, -0.2) is 20.1 Å². The Morgan fingerprint density at radius 1 is 1.18 bits per heavy atom. The van der Waals surface area contributed by atoms with E-state index in [1.54, 1.807) is 5.56 Å². The quantitative estimate of drug-likeness (QED) is 0.840. The maximum absolute atomic E-state index is 3.44. The van der Waals surface area contributed by atoms with Crippen molar-refractivity contribution >= 4 is 5.69 Å². The summed E-state index contributed by atoms with van der Waals surface area (Å²) >= 11 is 0. The summed E-state index contributed by atoms with van der Waals surface area (Å²) in [5, 5.41) is 3.44. The van der Waals surface area contributed by atoms with Gasteiger partial charge in [-0.25, -0.2) is 0 Å². The molecule has 1 aromatic rings. The van der Waals surface area contributed by atoms with Crippen LogP contribution in [0, 0.1) is 0 Å². The fourth-order valence-electron chi connectivity index (χ4n) is 3.27. The molecule has 0 saturated carbocycles. The monoisotopic (exact) mass is 230 g/mol. The maximum atomic E-state index is 3.44. The minimum atomic E-state index is 0.575. The van der Waals surface area contributed by atoms with Crippen molar-refractivity contribution in [1.82, 2.24) is 5.32 Å². The lowest BCUT2D eigenvalue weighted by molar-refractivity contribution is 0.496. The van der Waals surface area contributed by atoms with E-state index in [1.165, 1.54) is 56.4 Å². The average molecular weight is 230 g/mol. The highest BCUT2D eigenvalue weighted by molar-refractivity contribution is 5.52. The van der Waals surface area contributed by atoms with Crippen molar-refractivity contribution in [3.63, 3.8) is 0 Å². The molecule has 1 aromatic carbocycles. The van der Waals surface area contributed by atoms with Crippen LogP contribution in [0.1, 0.15) is 42.9 Å². The van der Waals surface area contributed by atoms with Crippen LogP contribution < -0.4 is 10.2 Å². The van der Waals surface area contributed by atoms with Gasteiger partial charge in [-0.05, 0) is 62.4 Å². The zero-order valence-corrected chi connectivity index (χ0v) is 10.7. The van der Waals surface area contributed by atoms with Gasteiger partial charge in [0.1, 0.15) is 0 Å². The van der Waals surface area contributed by atoms with Crippen molar-refractivity contribution < 1.29 is 0 Å². The normalized spacial score (nSPS) is 23.8. The van der Waals surface area contributed by atoms with Crippen molar-refractivity contribution in [2.45, 2.75) is 38.1 Å². The molecule has 1 aliphatic heterocycles. The predicted molar refractivity (Wildman–Crippen MR) is 72.6 cm³/mol. The third-order valence-corrected chi connectivity index (χ3v) is 4.26. The SMILES string of the molecule is CNC1CCCc2cc(N3CCCC3)ccc21. The topological polar surface area (TPSA) is 15.3 Å². The average Bonchev–Trinajstić information content (AvgIpc) is 2.91. The van der Waals surface area contributed by atoms with Gasteiger partial charge < -0.3 is 10.2 Å². The van der Waals surface area contributed by atoms with Crippen LogP contribution in [0.5, 0.6) is 0 Å². The van der Waals surface area contributed by atoms with E-state index >= 15 is 0 Å². The fourth-order valence-corrected chi connectivity index (χ4v) is 3.27. The number of hydrogen-bond acceptors (Lipinski definition) is 2. The Morgan fingerprint density at radius 3 is 2.76 bits per heavy atom. The minimum absolute atomic E-state index is 0.575. The van der Waals surface area contributed by atoms with Gasteiger partial charge in [-0.2, -0.15) is 0 Å². The van der Waals surface area contributed by atoms with Crippen LogP contribution in [0.3, 0.4) is 0 Å². The summed E-state index contributed by atoms with van der Waals surface area (Å²) in [6.07, 6.45) is 6.58. The Balaban J connectivity index is 1.90. The second-order valence-corrected chi connectivity index (χ2v) is 5.31. The molecule has 0 amide bonds. The zero-order valence-electron chi connectivity index (χ0n) is 10.7. The number of nitrogens with zero attached hydrogens (tertiary/aromatic N) is 1. The first-order valence-electron chi connectivity index (χ1n) is 6.93. The molecular weight excluding hydrogens is 208 g/mol. The van der Waals surface area contributed by atoms with Crippen molar-refractivity contribution in [3.05, 3.63) is 29.3 Å². The molecule has 1 N–H and O–H groups in total. The maximum Gasteiger partial charge on any atom is 0.0369 e. The molecule has 1 fully saturated rings. The predicted octanol–water partition coefficient (Wildman–Crippen LogP) is 2.88. The Morgan fingerprint density at radius 2 is 2.00 bits per heavy atom. The highest BCUT2D eigenvalue weighted by Crippen LogP contribution is 2.32. The van der Waals surface area contributed by atoms with E-state index in [4.69, 9.17) is 0 Å². The van der Waals surface area contributed by atoms with Gasteiger partial charge in [0, 0.05) is 24.8 Å². The Kier molecular flexibility index (Phi) is 3.06. The zero-order chi connectivity index (χ0) is 11.7. The minimum Gasteiger partial charge on any atom is -0.372 e. The molecule has 2 nitrogen and oxygen atoms in total. The molecule has 0 radical (unpaired) electrons. The first-order chi connectivity index (χ1) is 8.38. The number of benzene rings is 1. The third kappa shape index (κ3) is 2.06. The smallest absolute Gasteiger partial charge is 0.0369 e. The number of aryl methyl sites for hydroxylation is 1. The van der Waals surface area contributed by atoms with Gasteiger partial charge in [0.15, 0.2) is 0 Å². The van der Waals surface area contributed by atoms with E-state index in [2.05, 4.69) is 35.5 Å². The summed E-state index contributed by atoms with van der Waals surface area (Å²) in [5.41, 5.74) is 4.54. The third-order valence-electron chi connectivity index (χ3n) is 4.26. The van der Waals surface area contributed by atoms with Crippen molar-refractivity contribution in [2.75, 3.05) is 25.0 Å². The Bertz CT molecular complexity index is 394. The molecule has 1 unspecified atom stereocenters. The summed E-state index contributed by atoms with van der Waals surface area (Å²) in [6.45, 7) is 2.49. The summed E-state index contributed by atoms with van der Waals surface area (Å²) in [7, 11) is 2.08. The molecular formula is C15H22N2. The molecule has 92 valence electrons. The van der Waals surface area contributed by atoms with Crippen LogP contribution in [0.2, 0.25) is 0 Å². The lowest BCUT2D eigenvalue weighted by Crippen LogP contribution is -2.23. The largest absolute Gasteiger partial charge is 0.372 e. The van der Waals surface area contributed by atoms with E-state index < -0.39 is 0 Å². The number of anilines is 1. The number of rotatable bonds is 2. The molecule has 0 bridgehead atoms. The van der Waals surface area contributed by atoms with Gasteiger partial charge in [-0.3, -0.25) is 0 Å². The Hall–Kier alpha value is -1.02. The lowest BCUT2D eigenvalue weighted by atomic mass is 9.87. The van der Waals surface area contributed by atoms with Crippen LogP contribution in [-0.2, 0) is 6.42 Å². The molecule has 1 heterocycles. The summed E-state index contributed by atoms with van der Waals surface area (Å²) in [5.74, 6) is 0. The van der Waals surface area contributed by atoms with Gasteiger partial charge >= 0.3 is 0 Å². The van der Waals surface area contributed by atoms with Crippen LogP contribution >= 0.6 is 0 Å². The van der Waals surface area contributed by atoms with E-state index in [9.17, 15) is 0 Å². The fraction of sp³-hybridized carbons (Fsp3) is 0.600. The van der Waals surface area contributed by atoms with Crippen LogP contribution in [0.4, 0.5) is 5.69 Å². The van der Waals surface area contributed by atoms with Gasteiger partial charge in [-0.1, -0.05) is 6.07 Å². The summed E-state index contributed by atoms with van der Waals surface area (Å²) < 4.78 is 0. The molecule has 0 aromatic heterocycles. The van der Waals surface area contributed by atoms with E-state index in [1.807, 2.05) is 0 Å². The van der Waals surface area contributed by atoms with Crippen LogP contribution in [0.25, 0.3) is 0 Å². The van der Waals surface area contributed by atoms with E-state index in [0.29, 0.717) is 6.04 Å². The van der Waals surface area contributed by atoms with Crippen molar-refractivity contribution in [1.29, 1.82) is 0 Å². The number of hydrogen-bond donors (Lipinski definition) is 1. The lowest BCUT2D eigenvalue weighted by Gasteiger charge is -2.27. The molecule has 3 rings (SSSR count). The molecule has 1 aliphatic carbocycles. The van der Waals surface area contributed by atoms with E-state index in [-0.39, 0.29) is 0 Å². The standard InChI is InChI=1S/C15H22N2/c1-16-15-6-4-5-12-11-13(7-8-14(12)15)17-9-2-3-10-17/h7-8,11,15-16H,2-6,9-10H2,1H3. The molecule has 1 atom stereocenters. The Labute approximate surface area is 104 Å². The molecule has 0 spiro atoms. The molecule has 1 saturated heterocycles. The molecule has 2 heteroatoms. The first kappa shape index (κ1) is 11.1. The highest BCUT2D eigenvalue weighted by atomic mass is 15.1. The van der Waals surface area contributed by atoms with Crippen molar-refractivity contribution in [3.8, 4) is 0 Å².